The molecule has 1 aliphatic heterocycles. The zero-order valence-corrected chi connectivity index (χ0v) is 21.8. The molecule has 5 rings (SSSR count). The molecule has 0 atom stereocenters. The van der Waals surface area contributed by atoms with Crippen LogP contribution in [0.15, 0.2) is 30.6 Å². The number of anilines is 2. The molecule has 196 valence electrons. The lowest BCUT2D eigenvalue weighted by Gasteiger charge is -2.34. The molecule has 1 fully saturated rings. The smallest absolute Gasteiger partial charge is 0.251 e. The first-order valence-corrected chi connectivity index (χ1v) is 13.0. The number of piperazine rings is 1. The number of halogens is 3. The van der Waals surface area contributed by atoms with Gasteiger partial charge in [-0.1, -0.05) is 6.07 Å². The molecule has 0 aliphatic carbocycles. The summed E-state index contributed by atoms with van der Waals surface area (Å²) in [5, 5.41) is 3.05. The van der Waals surface area contributed by atoms with Gasteiger partial charge in [-0.2, -0.15) is 0 Å². The van der Waals surface area contributed by atoms with Crippen LogP contribution in [0.25, 0.3) is 20.9 Å². The van der Waals surface area contributed by atoms with Crippen molar-refractivity contribution in [3.8, 4) is 10.6 Å². The number of imidazole rings is 1. The number of aromatic nitrogens is 5. The summed E-state index contributed by atoms with van der Waals surface area (Å²) in [4.78, 5) is 23.3. The highest BCUT2D eigenvalue weighted by Gasteiger charge is 2.20. The Labute approximate surface area is 217 Å². The fourth-order valence-electron chi connectivity index (χ4n) is 4.61. The summed E-state index contributed by atoms with van der Waals surface area (Å²) in [6, 6.07) is 5.89. The van der Waals surface area contributed by atoms with E-state index < -0.39 is 12.2 Å². The molecule has 12 heteroatoms. The normalized spacial score (nSPS) is 15.4. The van der Waals surface area contributed by atoms with E-state index in [0.717, 1.165) is 41.0 Å². The zero-order chi connectivity index (χ0) is 26.1. The predicted molar refractivity (Wildman–Crippen MR) is 139 cm³/mol. The molecule has 4 aromatic rings. The van der Waals surface area contributed by atoms with Gasteiger partial charge in [0.05, 0.1) is 17.6 Å². The molecule has 0 saturated carbocycles. The summed E-state index contributed by atoms with van der Waals surface area (Å²) >= 11 is 1.46. The number of nitrogens with zero attached hydrogens (tertiary/aromatic N) is 7. The summed E-state index contributed by atoms with van der Waals surface area (Å²) in [6.07, 6.45) is 0.631. The van der Waals surface area contributed by atoms with Crippen molar-refractivity contribution in [2.75, 3.05) is 38.0 Å². The molecule has 37 heavy (non-hydrogen) atoms. The molecule has 0 radical (unpaired) electrons. The Hall–Kier alpha value is -3.09. The van der Waals surface area contributed by atoms with Crippen LogP contribution in [-0.4, -0.2) is 73.5 Å². The quantitative estimate of drug-likeness (QED) is 0.340. The van der Waals surface area contributed by atoms with Crippen molar-refractivity contribution in [2.24, 2.45) is 0 Å². The van der Waals surface area contributed by atoms with Gasteiger partial charge in [-0.25, -0.2) is 33.1 Å². The third-order valence-corrected chi connectivity index (χ3v) is 7.50. The summed E-state index contributed by atoms with van der Waals surface area (Å²) in [7, 11) is 0. The standard InChI is InChI=1S/C25H29F3N8S/c1-15(2)36-16(3)31-19-10-20(37-24(19)36)23-18(26)12-30-25(33-23)32-22-5-4-17(11-29-22)13-34-6-8-35(9-7-34)14-21(27)28/h4-5,10-12,15,21H,6-9,13-14H2,1-3H3,(H,29,30,32,33). The Bertz CT molecular complexity index is 1360. The van der Waals surface area contributed by atoms with Gasteiger partial charge in [0.1, 0.15) is 27.7 Å². The molecule has 4 aromatic heterocycles. The van der Waals surface area contributed by atoms with E-state index in [9.17, 15) is 13.2 Å². The Morgan fingerprint density at radius 2 is 1.78 bits per heavy atom. The van der Waals surface area contributed by atoms with E-state index in [0.29, 0.717) is 30.3 Å². The molecule has 8 nitrogen and oxygen atoms in total. The van der Waals surface area contributed by atoms with Crippen LogP contribution in [0.5, 0.6) is 0 Å². The fourth-order valence-corrected chi connectivity index (χ4v) is 5.88. The number of hydrogen-bond donors (Lipinski definition) is 1. The molecular formula is C25H29F3N8S. The number of hydrogen-bond acceptors (Lipinski definition) is 8. The van der Waals surface area contributed by atoms with Crippen molar-refractivity contribution in [3.63, 3.8) is 0 Å². The molecule has 0 spiro atoms. The summed E-state index contributed by atoms with van der Waals surface area (Å²) in [5.41, 5.74) is 2.06. The molecule has 1 N–H and O–H groups in total. The molecule has 1 saturated heterocycles. The van der Waals surface area contributed by atoms with Gasteiger partial charge in [-0.3, -0.25) is 9.80 Å². The summed E-state index contributed by atoms with van der Waals surface area (Å²) < 4.78 is 42.0. The first-order valence-electron chi connectivity index (χ1n) is 12.2. The van der Waals surface area contributed by atoms with E-state index in [1.54, 1.807) is 11.1 Å². The van der Waals surface area contributed by atoms with Crippen LogP contribution in [0, 0.1) is 12.7 Å². The molecule has 0 aromatic carbocycles. The van der Waals surface area contributed by atoms with Crippen LogP contribution < -0.4 is 5.32 Å². The second-order valence-electron chi connectivity index (χ2n) is 9.46. The average Bonchev–Trinajstić information content (AvgIpc) is 3.38. The van der Waals surface area contributed by atoms with E-state index in [-0.39, 0.29) is 24.2 Å². The average molecular weight is 531 g/mol. The van der Waals surface area contributed by atoms with Crippen molar-refractivity contribution < 1.29 is 13.2 Å². The largest absolute Gasteiger partial charge is 0.317 e. The monoisotopic (exact) mass is 530 g/mol. The van der Waals surface area contributed by atoms with Crippen LogP contribution in [0.3, 0.4) is 0 Å². The third kappa shape index (κ3) is 5.76. The minimum absolute atomic E-state index is 0.165. The number of fused-ring (bicyclic) bond motifs is 1. The lowest BCUT2D eigenvalue weighted by atomic mass is 10.2. The number of nitrogens with one attached hydrogen (secondary N) is 1. The third-order valence-electron chi connectivity index (χ3n) is 6.37. The van der Waals surface area contributed by atoms with E-state index >= 15 is 0 Å². The van der Waals surface area contributed by atoms with Crippen molar-refractivity contribution in [1.82, 2.24) is 34.3 Å². The predicted octanol–water partition coefficient (Wildman–Crippen LogP) is 5.10. The minimum Gasteiger partial charge on any atom is -0.317 e. The maximum atomic E-state index is 14.7. The Kier molecular flexibility index (Phi) is 7.40. The molecule has 0 amide bonds. The van der Waals surface area contributed by atoms with Crippen molar-refractivity contribution >= 4 is 33.5 Å². The van der Waals surface area contributed by atoms with Gasteiger partial charge in [-0.15, -0.1) is 11.3 Å². The van der Waals surface area contributed by atoms with Crippen molar-refractivity contribution in [3.05, 3.63) is 47.8 Å². The molecular weight excluding hydrogens is 501 g/mol. The second-order valence-corrected chi connectivity index (χ2v) is 10.5. The van der Waals surface area contributed by atoms with E-state index in [4.69, 9.17) is 0 Å². The maximum Gasteiger partial charge on any atom is 0.251 e. The Morgan fingerprint density at radius 3 is 2.46 bits per heavy atom. The van der Waals surface area contributed by atoms with E-state index in [1.807, 2.05) is 25.1 Å². The van der Waals surface area contributed by atoms with Crippen LogP contribution in [-0.2, 0) is 6.54 Å². The number of rotatable bonds is 8. The van der Waals surface area contributed by atoms with Crippen LogP contribution in [0.4, 0.5) is 24.9 Å². The topological polar surface area (TPSA) is 75.0 Å². The molecule has 5 heterocycles. The highest BCUT2D eigenvalue weighted by atomic mass is 32.1. The number of pyridine rings is 1. The van der Waals surface area contributed by atoms with Gasteiger partial charge >= 0.3 is 0 Å². The van der Waals surface area contributed by atoms with Crippen molar-refractivity contribution in [1.29, 1.82) is 0 Å². The van der Waals surface area contributed by atoms with Gasteiger partial charge < -0.3 is 9.88 Å². The van der Waals surface area contributed by atoms with Crippen LogP contribution >= 0.6 is 11.3 Å². The molecule has 0 unspecified atom stereocenters. The number of alkyl halides is 2. The van der Waals surface area contributed by atoms with Gasteiger partial charge in [0.25, 0.3) is 6.43 Å². The highest BCUT2D eigenvalue weighted by Crippen LogP contribution is 2.36. The highest BCUT2D eigenvalue weighted by molar-refractivity contribution is 7.21. The van der Waals surface area contributed by atoms with E-state index in [1.165, 1.54) is 11.3 Å². The van der Waals surface area contributed by atoms with Crippen LogP contribution in [0.2, 0.25) is 0 Å². The lowest BCUT2D eigenvalue weighted by Crippen LogP contribution is -2.47. The van der Waals surface area contributed by atoms with Gasteiger partial charge in [0.15, 0.2) is 5.82 Å². The molecule has 1 aliphatic rings. The second kappa shape index (κ2) is 10.7. The summed E-state index contributed by atoms with van der Waals surface area (Å²) in [6.45, 7) is 9.44. The first-order chi connectivity index (χ1) is 17.8. The summed E-state index contributed by atoms with van der Waals surface area (Å²) in [5.74, 6) is 1.22. The molecule has 0 bridgehead atoms. The lowest BCUT2D eigenvalue weighted by molar-refractivity contribution is 0.0543. The van der Waals surface area contributed by atoms with Gasteiger partial charge in [-0.05, 0) is 38.5 Å². The number of aryl methyl sites for hydroxylation is 1. The van der Waals surface area contributed by atoms with Gasteiger partial charge in [0.2, 0.25) is 5.95 Å². The first kappa shape index (κ1) is 25.6. The van der Waals surface area contributed by atoms with Crippen LogP contribution in [0.1, 0.15) is 31.3 Å². The Balaban J connectivity index is 1.25. The van der Waals surface area contributed by atoms with Crippen molar-refractivity contribution in [2.45, 2.75) is 39.8 Å². The minimum atomic E-state index is -2.29. The van der Waals surface area contributed by atoms with Gasteiger partial charge in [0, 0.05) is 45.0 Å². The van der Waals surface area contributed by atoms with E-state index in [2.05, 4.69) is 48.6 Å². The maximum absolute atomic E-state index is 14.7. The fraction of sp³-hybridized carbons (Fsp3) is 0.440. The Morgan fingerprint density at radius 1 is 1.03 bits per heavy atom. The zero-order valence-electron chi connectivity index (χ0n) is 21.0. The number of thiophene rings is 1. The SMILES string of the molecule is Cc1nc2cc(-c3nc(Nc4ccc(CN5CCN(CC(F)F)CC5)cn4)ncc3F)sc2n1C(C)C.